The second-order valence-corrected chi connectivity index (χ2v) is 14.7. The predicted molar refractivity (Wildman–Crippen MR) is 212 cm³/mol. The van der Waals surface area contributed by atoms with Crippen LogP contribution in [0.25, 0.3) is 0 Å². The standard InChI is InChI=1S/C43H45F3N6O5/c1-24-7-10-29(40(54)47-32-13-14-33(45)34(46)23-32)20-35(24)48-39(53)27(4)51-18-15-28(16-19-51)43(57)52-17-5-6-38(52)42(56)50-36-21-30(11-8-25(36)2)41(55)49-37-22-31(44)12-9-26(37)3/h7-14,20-23,27-28,38H,5-6,15-19H2,1-4H3,(H,47,54)(H,48,53)(H,49,55)(H,50,56). The number of amides is 5. The summed E-state index contributed by atoms with van der Waals surface area (Å²) >= 11 is 0. The van der Waals surface area contributed by atoms with Gasteiger partial charge in [0.2, 0.25) is 17.7 Å². The number of rotatable bonds is 10. The van der Waals surface area contributed by atoms with Crippen LogP contribution >= 0.6 is 0 Å². The van der Waals surface area contributed by atoms with E-state index in [2.05, 4.69) is 21.3 Å². The fourth-order valence-electron chi connectivity index (χ4n) is 7.19. The topological polar surface area (TPSA) is 140 Å². The number of piperidine rings is 1. The minimum atomic E-state index is -1.09. The molecule has 2 fully saturated rings. The molecule has 2 heterocycles. The maximum absolute atomic E-state index is 13.8. The van der Waals surface area contributed by atoms with E-state index >= 15 is 0 Å². The van der Waals surface area contributed by atoms with Crippen LogP contribution in [0, 0.1) is 44.1 Å². The Hall–Kier alpha value is -6.02. The molecule has 57 heavy (non-hydrogen) atoms. The van der Waals surface area contributed by atoms with Crippen molar-refractivity contribution in [3.8, 4) is 0 Å². The molecule has 6 rings (SSSR count). The first-order valence-corrected chi connectivity index (χ1v) is 18.9. The second-order valence-electron chi connectivity index (χ2n) is 14.7. The number of carbonyl (C=O) groups is 5. The summed E-state index contributed by atoms with van der Waals surface area (Å²) in [5.74, 6) is -4.67. The van der Waals surface area contributed by atoms with Crippen molar-refractivity contribution < 1.29 is 37.1 Å². The molecule has 0 aliphatic carbocycles. The number of hydrogen-bond acceptors (Lipinski definition) is 6. The van der Waals surface area contributed by atoms with Crippen molar-refractivity contribution in [1.29, 1.82) is 0 Å². The van der Waals surface area contributed by atoms with E-state index in [4.69, 9.17) is 0 Å². The van der Waals surface area contributed by atoms with Gasteiger partial charge in [-0.2, -0.15) is 0 Å². The average Bonchev–Trinajstić information content (AvgIpc) is 3.69. The molecule has 5 amide bonds. The highest BCUT2D eigenvalue weighted by Crippen LogP contribution is 2.29. The van der Waals surface area contributed by atoms with Gasteiger partial charge in [-0.25, -0.2) is 13.2 Å². The van der Waals surface area contributed by atoms with Gasteiger partial charge in [0.15, 0.2) is 11.6 Å². The molecule has 11 nitrogen and oxygen atoms in total. The van der Waals surface area contributed by atoms with E-state index in [0.717, 1.165) is 23.3 Å². The molecule has 0 bridgehead atoms. The maximum Gasteiger partial charge on any atom is 0.255 e. The molecular weight excluding hydrogens is 738 g/mol. The van der Waals surface area contributed by atoms with Crippen LogP contribution in [0.15, 0.2) is 72.8 Å². The lowest BCUT2D eigenvalue weighted by molar-refractivity contribution is -0.141. The summed E-state index contributed by atoms with van der Waals surface area (Å²) in [5, 5.41) is 11.1. The third-order valence-electron chi connectivity index (χ3n) is 10.8. The smallest absolute Gasteiger partial charge is 0.255 e. The third-order valence-corrected chi connectivity index (χ3v) is 10.8. The molecular formula is C43H45F3N6O5. The molecule has 298 valence electrons. The van der Waals surface area contributed by atoms with Gasteiger partial charge in [-0.15, -0.1) is 0 Å². The lowest BCUT2D eigenvalue weighted by Crippen LogP contribution is -2.50. The summed E-state index contributed by atoms with van der Waals surface area (Å²) in [4.78, 5) is 70.4. The summed E-state index contributed by atoms with van der Waals surface area (Å²) in [6, 6.07) is 15.6. The number of hydrogen-bond donors (Lipinski definition) is 4. The Morgan fingerprint density at radius 1 is 0.632 bits per heavy atom. The van der Waals surface area contributed by atoms with Crippen LogP contribution in [0.3, 0.4) is 0 Å². The van der Waals surface area contributed by atoms with Crippen molar-refractivity contribution in [2.24, 2.45) is 5.92 Å². The minimum absolute atomic E-state index is 0.0862. The second kappa shape index (κ2) is 17.4. The van der Waals surface area contributed by atoms with Crippen LogP contribution < -0.4 is 21.3 Å². The van der Waals surface area contributed by atoms with Gasteiger partial charge in [0.05, 0.1) is 6.04 Å². The van der Waals surface area contributed by atoms with Crippen LogP contribution in [-0.4, -0.2) is 71.1 Å². The van der Waals surface area contributed by atoms with Crippen molar-refractivity contribution in [1.82, 2.24) is 9.80 Å². The number of aryl methyl sites for hydroxylation is 3. The van der Waals surface area contributed by atoms with Crippen LogP contribution in [0.4, 0.5) is 35.9 Å². The van der Waals surface area contributed by atoms with E-state index < -0.39 is 41.3 Å². The Kier molecular flexibility index (Phi) is 12.4. The Morgan fingerprint density at radius 3 is 1.84 bits per heavy atom. The summed E-state index contributed by atoms with van der Waals surface area (Å²) in [6.07, 6.45) is 2.17. The Balaban J connectivity index is 1.02. The monoisotopic (exact) mass is 782 g/mol. The highest BCUT2D eigenvalue weighted by molar-refractivity contribution is 6.07. The largest absolute Gasteiger partial charge is 0.330 e. The summed E-state index contributed by atoms with van der Waals surface area (Å²) in [7, 11) is 0. The van der Waals surface area contributed by atoms with Crippen molar-refractivity contribution in [3.63, 3.8) is 0 Å². The van der Waals surface area contributed by atoms with Crippen LogP contribution in [-0.2, 0) is 14.4 Å². The van der Waals surface area contributed by atoms with Gasteiger partial charge < -0.3 is 26.2 Å². The molecule has 2 aliphatic heterocycles. The van der Waals surface area contributed by atoms with Crippen LogP contribution in [0.5, 0.6) is 0 Å². The van der Waals surface area contributed by atoms with Crippen molar-refractivity contribution in [2.75, 3.05) is 40.9 Å². The van der Waals surface area contributed by atoms with Crippen molar-refractivity contribution in [3.05, 3.63) is 118 Å². The first-order chi connectivity index (χ1) is 27.2. The zero-order valence-electron chi connectivity index (χ0n) is 32.2. The number of likely N-dealkylation sites (tertiary alicyclic amines) is 2. The molecule has 2 atom stereocenters. The molecule has 14 heteroatoms. The number of halogens is 3. The van der Waals surface area contributed by atoms with Gasteiger partial charge >= 0.3 is 0 Å². The zero-order valence-corrected chi connectivity index (χ0v) is 32.2. The van der Waals surface area contributed by atoms with E-state index in [-0.39, 0.29) is 40.5 Å². The predicted octanol–water partition coefficient (Wildman–Crippen LogP) is 7.20. The SMILES string of the molecule is Cc1ccc(F)cc1NC(=O)c1ccc(C)c(NC(=O)C2CCCN2C(=O)C2CCN(C(C)C(=O)Nc3cc(C(=O)Nc4ccc(F)c(F)c4)ccc3C)CC2)c1. The molecule has 4 aromatic carbocycles. The van der Waals surface area contributed by atoms with E-state index in [9.17, 15) is 37.1 Å². The molecule has 2 aliphatic rings. The molecule has 2 saturated heterocycles. The first kappa shape index (κ1) is 40.6. The van der Waals surface area contributed by atoms with E-state index in [0.29, 0.717) is 67.9 Å². The molecule has 0 aromatic heterocycles. The van der Waals surface area contributed by atoms with Crippen molar-refractivity contribution >= 4 is 52.3 Å². The quantitative estimate of drug-likeness (QED) is 0.134. The van der Waals surface area contributed by atoms with Crippen molar-refractivity contribution in [2.45, 2.75) is 65.5 Å². The third kappa shape index (κ3) is 9.51. The lowest BCUT2D eigenvalue weighted by Gasteiger charge is -2.37. The zero-order chi connectivity index (χ0) is 41.0. The number of anilines is 4. The fourth-order valence-corrected chi connectivity index (χ4v) is 7.19. The van der Waals surface area contributed by atoms with Gasteiger partial charge in [-0.05, 0) is 132 Å². The van der Waals surface area contributed by atoms with E-state index in [1.54, 1.807) is 69.0 Å². The molecule has 2 unspecified atom stereocenters. The summed E-state index contributed by atoms with van der Waals surface area (Å²) in [5.41, 5.74) is 3.95. The summed E-state index contributed by atoms with van der Waals surface area (Å²) in [6.45, 7) is 8.53. The van der Waals surface area contributed by atoms with Gasteiger partial charge in [-0.1, -0.05) is 18.2 Å². The molecule has 4 N–H and O–H groups in total. The summed E-state index contributed by atoms with van der Waals surface area (Å²) < 4.78 is 40.7. The normalized spacial score (nSPS) is 16.5. The van der Waals surface area contributed by atoms with Gasteiger partial charge in [0.25, 0.3) is 11.8 Å². The first-order valence-electron chi connectivity index (χ1n) is 18.9. The molecule has 0 radical (unpaired) electrons. The highest BCUT2D eigenvalue weighted by atomic mass is 19.2. The Bertz CT molecular complexity index is 2220. The maximum atomic E-state index is 13.8. The highest BCUT2D eigenvalue weighted by Gasteiger charge is 2.39. The number of carbonyl (C=O) groups excluding carboxylic acids is 5. The van der Waals surface area contributed by atoms with E-state index in [1.165, 1.54) is 24.3 Å². The number of benzene rings is 4. The Labute approximate surface area is 329 Å². The average molecular weight is 783 g/mol. The Morgan fingerprint density at radius 2 is 1.21 bits per heavy atom. The van der Waals surface area contributed by atoms with Crippen LogP contribution in [0.2, 0.25) is 0 Å². The number of nitrogens with zero attached hydrogens (tertiary/aromatic N) is 2. The molecule has 4 aromatic rings. The molecule has 0 saturated carbocycles. The van der Waals surface area contributed by atoms with Gasteiger partial charge in [0.1, 0.15) is 11.9 Å². The van der Waals surface area contributed by atoms with Gasteiger partial charge in [-0.3, -0.25) is 28.9 Å². The lowest BCUT2D eigenvalue weighted by atomic mass is 9.94. The van der Waals surface area contributed by atoms with Gasteiger partial charge in [0, 0.05) is 52.4 Å². The number of nitrogens with one attached hydrogen (secondary N) is 4. The minimum Gasteiger partial charge on any atom is -0.330 e. The fraction of sp³-hybridized carbons (Fsp3) is 0.326. The van der Waals surface area contributed by atoms with Crippen LogP contribution in [0.1, 0.15) is 70.0 Å². The van der Waals surface area contributed by atoms with E-state index in [1.807, 2.05) is 4.90 Å². The molecule has 0 spiro atoms.